The van der Waals surface area contributed by atoms with E-state index < -0.39 is 29.6 Å². The van der Waals surface area contributed by atoms with Crippen molar-refractivity contribution in [1.82, 2.24) is 10.6 Å². The molecule has 34 heavy (non-hydrogen) atoms. The summed E-state index contributed by atoms with van der Waals surface area (Å²) in [6.07, 6.45) is 2.61. The molecule has 0 aromatic heterocycles. The van der Waals surface area contributed by atoms with E-state index in [9.17, 15) is 19.5 Å². The van der Waals surface area contributed by atoms with Gasteiger partial charge in [-0.3, -0.25) is 9.59 Å². The molecule has 2 aromatic carbocycles. The maximum absolute atomic E-state index is 13.0. The molecule has 1 fully saturated rings. The van der Waals surface area contributed by atoms with Crippen molar-refractivity contribution in [2.75, 3.05) is 6.61 Å². The molecule has 7 nitrogen and oxygen atoms in total. The van der Waals surface area contributed by atoms with Crippen LogP contribution in [0, 0.1) is 5.92 Å². The Morgan fingerprint density at radius 3 is 2.24 bits per heavy atom. The van der Waals surface area contributed by atoms with E-state index >= 15 is 0 Å². The van der Waals surface area contributed by atoms with Crippen molar-refractivity contribution in [3.63, 3.8) is 0 Å². The fraction of sp³-hybridized carbons (Fsp3) is 0.370. The number of ether oxygens (including phenoxy) is 1. The lowest BCUT2D eigenvalue weighted by atomic mass is 9.91. The molecule has 3 N–H and O–H groups in total. The molecular weight excluding hydrogens is 432 g/mol. The van der Waals surface area contributed by atoms with Gasteiger partial charge in [-0.2, -0.15) is 0 Å². The summed E-state index contributed by atoms with van der Waals surface area (Å²) in [6, 6.07) is 15.2. The Hall–Kier alpha value is -3.61. The van der Waals surface area contributed by atoms with Crippen molar-refractivity contribution in [1.29, 1.82) is 0 Å². The van der Waals surface area contributed by atoms with Gasteiger partial charge in [0.1, 0.15) is 12.6 Å². The molecule has 2 amide bonds. The van der Waals surface area contributed by atoms with Gasteiger partial charge in [0, 0.05) is 5.92 Å². The van der Waals surface area contributed by atoms with Crippen LogP contribution in [0.3, 0.4) is 0 Å². The van der Waals surface area contributed by atoms with Crippen LogP contribution in [0.2, 0.25) is 0 Å². The van der Waals surface area contributed by atoms with Gasteiger partial charge in [0.15, 0.2) is 0 Å². The Labute approximate surface area is 199 Å². The number of hydrogen-bond donors (Lipinski definition) is 3. The van der Waals surface area contributed by atoms with Gasteiger partial charge in [-0.05, 0) is 54.4 Å². The molecule has 2 atom stereocenters. The Morgan fingerprint density at radius 2 is 1.71 bits per heavy atom. The van der Waals surface area contributed by atoms with Crippen LogP contribution in [0.25, 0.3) is 11.1 Å². The van der Waals surface area contributed by atoms with Gasteiger partial charge in [-0.15, -0.1) is 6.58 Å². The number of rotatable bonds is 10. The lowest BCUT2D eigenvalue weighted by Gasteiger charge is -2.31. The minimum atomic E-state index is -0.973. The number of carboxylic acids is 1. The number of carbonyl (C=O) groups excluding carboxylic acids is 2. The number of fused-ring (bicyclic) bond motifs is 3. The highest BCUT2D eigenvalue weighted by molar-refractivity contribution is 5.87. The summed E-state index contributed by atoms with van der Waals surface area (Å²) in [5, 5.41) is 14.8. The maximum Gasteiger partial charge on any atom is 0.407 e. The minimum Gasteiger partial charge on any atom is -0.481 e. The first-order valence-corrected chi connectivity index (χ1v) is 11.6. The van der Waals surface area contributed by atoms with Gasteiger partial charge >= 0.3 is 12.1 Å². The predicted octanol–water partition coefficient (Wildman–Crippen LogP) is 4.23. The van der Waals surface area contributed by atoms with E-state index in [0.29, 0.717) is 0 Å². The molecular formula is C27H30N2O5. The summed E-state index contributed by atoms with van der Waals surface area (Å²) in [6.45, 7) is 5.56. The summed E-state index contributed by atoms with van der Waals surface area (Å²) in [7, 11) is 0. The van der Waals surface area contributed by atoms with Crippen LogP contribution in [0.1, 0.15) is 49.7 Å². The van der Waals surface area contributed by atoms with Gasteiger partial charge in [-0.25, -0.2) is 4.79 Å². The zero-order valence-corrected chi connectivity index (χ0v) is 19.3. The monoisotopic (exact) mass is 462 g/mol. The summed E-state index contributed by atoms with van der Waals surface area (Å²) in [5.41, 5.74) is 3.62. The molecule has 2 unspecified atom stereocenters. The normalized spacial score (nSPS) is 17.0. The molecule has 4 rings (SSSR count). The topological polar surface area (TPSA) is 105 Å². The molecule has 0 saturated heterocycles. The van der Waals surface area contributed by atoms with Gasteiger partial charge in [0.05, 0.1) is 12.0 Å². The summed E-state index contributed by atoms with van der Waals surface area (Å²) in [4.78, 5) is 37.0. The zero-order valence-electron chi connectivity index (χ0n) is 19.3. The van der Waals surface area contributed by atoms with Crippen molar-refractivity contribution < 1.29 is 24.2 Å². The molecule has 0 bridgehead atoms. The fourth-order valence-electron chi connectivity index (χ4n) is 4.87. The van der Waals surface area contributed by atoms with Crippen molar-refractivity contribution in [2.24, 2.45) is 5.92 Å². The van der Waals surface area contributed by atoms with Crippen molar-refractivity contribution >= 4 is 18.0 Å². The van der Waals surface area contributed by atoms with Crippen LogP contribution in [-0.4, -0.2) is 41.3 Å². The van der Waals surface area contributed by atoms with Gasteiger partial charge in [0.2, 0.25) is 5.91 Å². The van der Waals surface area contributed by atoms with Crippen LogP contribution in [0.15, 0.2) is 61.2 Å². The van der Waals surface area contributed by atoms with Crippen LogP contribution in [-0.2, 0) is 14.3 Å². The second kappa shape index (κ2) is 9.71. The number of nitrogens with one attached hydrogen (secondary N) is 2. The van der Waals surface area contributed by atoms with E-state index in [1.165, 1.54) is 0 Å². The van der Waals surface area contributed by atoms with Gasteiger partial charge in [-0.1, -0.05) is 54.6 Å². The second-order valence-corrected chi connectivity index (χ2v) is 9.30. The molecule has 1 saturated carbocycles. The third-order valence-electron chi connectivity index (χ3n) is 6.76. The lowest BCUT2D eigenvalue weighted by molar-refractivity contribution is -0.139. The molecule has 0 heterocycles. The van der Waals surface area contributed by atoms with Crippen LogP contribution < -0.4 is 10.6 Å². The van der Waals surface area contributed by atoms with Crippen LogP contribution in [0.5, 0.6) is 0 Å². The Morgan fingerprint density at radius 1 is 1.12 bits per heavy atom. The van der Waals surface area contributed by atoms with Crippen molar-refractivity contribution in [2.45, 2.75) is 50.1 Å². The predicted molar refractivity (Wildman–Crippen MR) is 128 cm³/mol. The van der Waals surface area contributed by atoms with E-state index in [-0.39, 0.29) is 31.3 Å². The standard InChI is InChI=1S/C27H30N2O5/c1-3-8-23(25(32)29-27(2,15-24(30)31)17-13-14-17)28-26(33)34-16-22-20-11-6-4-9-18(20)19-10-5-7-12-21(19)22/h3-7,9-12,17,22-23H,1,8,13-16H2,2H3,(H,28,33)(H,29,32)(H,30,31). The molecule has 2 aromatic rings. The number of carbonyl (C=O) groups is 3. The van der Waals surface area contributed by atoms with E-state index in [1.54, 1.807) is 13.0 Å². The number of alkyl carbamates (subject to hydrolysis) is 1. The number of benzene rings is 2. The molecule has 178 valence electrons. The smallest absolute Gasteiger partial charge is 0.407 e. The third-order valence-corrected chi connectivity index (χ3v) is 6.76. The molecule has 2 aliphatic carbocycles. The highest BCUT2D eigenvalue weighted by Crippen LogP contribution is 2.44. The zero-order chi connectivity index (χ0) is 24.3. The molecule has 0 radical (unpaired) electrons. The number of carboxylic acid groups (broad SMARTS) is 1. The highest BCUT2D eigenvalue weighted by Gasteiger charge is 2.45. The largest absolute Gasteiger partial charge is 0.481 e. The fourth-order valence-corrected chi connectivity index (χ4v) is 4.87. The molecule has 0 aliphatic heterocycles. The second-order valence-electron chi connectivity index (χ2n) is 9.30. The molecule has 7 heteroatoms. The van der Waals surface area contributed by atoms with Gasteiger partial charge in [0.25, 0.3) is 0 Å². The van der Waals surface area contributed by atoms with Crippen molar-refractivity contribution in [3.05, 3.63) is 72.3 Å². The average Bonchev–Trinajstić information content (AvgIpc) is 3.61. The Kier molecular flexibility index (Phi) is 6.72. The number of aliphatic carboxylic acids is 1. The third kappa shape index (κ3) is 4.98. The quantitative estimate of drug-likeness (QED) is 0.459. The summed E-state index contributed by atoms with van der Waals surface area (Å²) >= 11 is 0. The summed E-state index contributed by atoms with van der Waals surface area (Å²) < 4.78 is 5.56. The average molecular weight is 463 g/mol. The Balaban J connectivity index is 1.40. The molecule has 2 aliphatic rings. The van der Waals surface area contributed by atoms with Crippen LogP contribution in [0.4, 0.5) is 4.79 Å². The number of amides is 2. The van der Waals surface area contributed by atoms with Crippen molar-refractivity contribution in [3.8, 4) is 11.1 Å². The Bertz CT molecular complexity index is 1060. The van der Waals surface area contributed by atoms with Crippen LogP contribution >= 0.6 is 0 Å². The summed E-state index contributed by atoms with van der Waals surface area (Å²) in [5.74, 6) is -1.38. The first-order chi connectivity index (χ1) is 16.3. The van der Waals surface area contributed by atoms with E-state index in [1.807, 2.05) is 36.4 Å². The van der Waals surface area contributed by atoms with Gasteiger partial charge < -0.3 is 20.5 Å². The highest BCUT2D eigenvalue weighted by atomic mass is 16.5. The maximum atomic E-state index is 13.0. The molecule has 0 spiro atoms. The number of hydrogen-bond acceptors (Lipinski definition) is 4. The lowest BCUT2D eigenvalue weighted by Crippen LogP contribution is -2.56. The van der Waals surface area contributed by atoms with E-state index in [2.05, 4.69) is 29.3 Å². The minimum absolute atomic E-state index is 0.0847. The first-order valence-electron chi connectivity index (χ1n) is 11.6. The first kappa shape index (κ1) is 23.5. The SMILES string of the molecule is C=CCC(NC(=O)OCC1c2ccccc2-c2ccccc21)C(=O)NC(C)(CC(=O)O)C1CC1. The van der Waals surface area contributed by atoms with E-state index in [0.717, 1.165) is 35.1 Å². The van der Waals surface area contributed by atoms with E-state index in [4.69, 9.17) is 4.74 Å².